The SMILES string of the molecule is CC(O)C(C)(C)Nc1ncnc2cc(C(=O)O)ccc12. The van der Waals surface area contributed by atoms with Gasteiger partial charge in [-0.1, -0.05) is 0 Å². The number of aromatic carboxylic acids is 1. The molecule has 0 saturated heterocycles. The summed E-state index contributed by atoms with van der Waals surface area (Å²) in [6.45, 7) is 5.41. The smallest absolute Gasteiger partial charge is 0.335 e. The van der Waals surface area contributed by atoms with Crippen molar-refractivity contribution in [1.82, 2.24) is 9.97 Å². The maximum Gasteiger partial charge on any atom is 0.335 e. The Bertz CT molecular complexity index is 653. The zero-order valence-electron chi connectivity index (χ0n) is 11.6. The van der Waals surface area contributed by atoms with Gasteiger partial charge in [-0.25, -0.2) is 14.8 Å². The Hall–Kier alpha value is -2.21. The molecule has 1 heterocycles. The summed E-state index contributed by atoms with van der Waals surface area (Å²) in [7, 11) is 0. The van der Waals surface area contributed by atoms with Crippen LogP contribution >= 0.6 is 0 Å². The van der Waals surface area contributed by atoms with E-state index < -0.39 is 17.6 Å². The maximum atomic E-state index is 11.0. The van der Waals surface area contributed by atoms with E-state index in [0.29, 0.717) is 16.7 Å². The second-order valence-corrected chi connectivity index (χ2v) is 5.28. The number of aliphatic hydroxyl groups is 1. The van der Waals surface area contributed by atoms with Gasteiger partial charge in [0.1, 0.15) is 12.1 Å². The standard InChI is InChI=1S/C14H17N3O3/c1-8(18)14(2,3)17-12-10-5-4-9(13(19)20)6-11(10)15-7-16-12/h4-8,18H,1-3H3,(H,19,20)(H,15,16,17). The van der Waals surface area contributed by atoms with Crippen LogP contribution in [-0.4, -0.2) is 37.8 Å². The molecular formula is C14H17N3O3. The molecule has 0 amide bonds. The predicted molar refractivity (Wildman–Crippen MR) is 75.9 cm³/mol. The van der Waals surface area contributed by atoms with Crippen LogP contribution in [0.2, 0.25) is 0 Å². The van der Waals surface area contributed by atoms with E-state index in [0.717, 1.165) is 0 Å². The van der Waals surface area contributed by atoms with Crippen molar-refractivity contribution in [1.29, 1.82) is 0 Å². The molecule has 0 fully saturated rings. The van der Waals surface area contributed by atoms with Crippen molar-refractivity contribution in [2.24, 2.45) is 0 Å². The lowest BCUT2D eigenvalue weighted by Gasteiger charge is -2.30. The molecule has 0 aliphatic carbocycles. The van der Waals surface area contributed by atoms with Gasteiger partial charge in [0, 0.05) is 5.39 Å². The Kier molecular flexibility index (Phi) is 3.59. The van der Waals surface area contributed by atoms with Crippen molar-refractivity contribution >= 4 is 22.7 Å². The first kappa shape index (κ1) is 14.2. The van der Waals surface area contributed by atoms with Crippen LogP contribution in [0, 0.1) is 0 Å². The second kappa shape index (κ2) is 5.05. The molecule has 1 unspecified atom stereocenters. The van der Waals surface area contributed by atoms with Crippen LogP contribution in [0.1, 0.15) is 31.1 Å². The lowest BCUT2D eigenvalue weighted by Crippen LogP contribution is -2.42. The monoisotopic (exact) mass is 275 g/mol. The van der Waals surface area contributed by atoms with E-state index in [4.69, 9.17) is 5.11 Å². The molecule has 2 aromatic rings. The van der Waals surface area contributed by atoms with Crippen molar-refractivity contribution < 1.29 is 15.0 Å². The fourth-order valence-electron chi connectivity index (χ4n) is 1.70. The molecule has 1 aromatic carbocycles. The molecule has 6 nitrogen and oxygen atoms in total. The summed E-state index contributed by atoms with van der Waals surface area (Å²) in [4.78, 5) is 19.2. The van der Waals surface area contributed by atoms with Crippen LogP contribution in [-0.2, 0) is 0 Å². The topological polar surface area (TPSA) is 95.3 Å². The molecule has 1 aromatic heterocycles. The van der Waals surface area contributed by atoms with Crippen molar-refractivity contribution in [2.75, 3.05) is 5.32 Å². The number of hydrogen-bond donors (Lipinski definition) is 3. The fraction of sp³-hybridized carbons (Fsp3) is 0.357. The fourth-order valence-corrected chi connectivity index (χ4v) is 1.70. The second-order valence-electron chi connectivity index (χ2n) is 5.28. The van der Waals surface area contributed by atoms with Gasteiger partial charge in [-0.15, -0.1) is 0 Å². The lowest BCUT2D eigenvalue weighted by molar-refractivity contribution is 0.0697. The van der Waals surface area contributed by atoms with Gasteiger partial charge in [-0.2, -0.15) is 0 Å². The Balaban J connectivity index is 2.48. The number of benzene rings is 1. The van der Waals surface area contributed by atoms with Gasteiger partial charge in [-0.3, -0.25) is 0 Å². The third-order valence-corrected chi connectivity index (χ3v) is 3.37. The van der Waals surface area contributed by atoms with E-state index in [9.17, 15) is 9.90 Å². The van der Waals surface area contributed by atoms with Gasteiger partial charge in [0.05, 0.1) is 22.7 Å². The van der Waals surface area contributed by atoms with Crippen molar-refractivity contribution in [2.45, 2.75) is 32.4 Å². The zero-order chi connectivity index (χ0) is 14.9. The summed E-state index contributed by atoms with van der Waals surface area (Å²) in [5, 5.41) is 22.6. The highest BCUT2D eigenvalue weighted by Gasteiger charge is 2.25. The van der Waals surface area contributed by atoms with Gasteiger partial charge >= 0.3 is 5.97 Å². The average molecular weight is 275 g/mol. The summed E-state index contributed by atoms with van der Waals surface area (Å²) in [5.74, 6) is -0.429. The van der Waals surface area contributed by atoms with E-state index in [1.165, 1.54) is 18.5 Å². The van der Waals surface area contributed by atoms with Crippen LogP contribution in [0.5, 0.6) is 0 Å². The molecule has 20 heavy (non-hydrogen) atoms. The summed E-state index contributed by atoms with van der Waals surface area (Å²) in [5.41, 5.74) is 0.160. The molecule has 6 heteroatoms. The average Bonchev–Trinajstić information content (AvgIpc) is 2.37. The third kappa shape index (κ3) is 2.70. The van der Waals surface area contributed by atoms with Crippen molar-refractivity contribution in [3.63, 3.8) is 0 Å². The number of nitrogens with one attached hydrogen (secondary N) is 1. The van der Waals surface area contributed by atoms with Gasteiger partial charge < -0.3 is 15.5 Å². The summed E-state index contributed by atoms with van der Waals surface area (Å²) >= 11 is 0. The van der Waals surface area contributed by atoms with Crippen LogP contribution in [0.25, 0.3) is 10.9 Å². The highest BCUT2D eigenvalue weighted by atomic mass is 16.4. The van der Waals surface area contributed by atoms with E-state index in [-0.39, 0.29) is 5.56 Å². The Morgan fingerprint density at radius 1 is 1.35 bits per heavy atom. The molecule has 0 saturated carbocycles. The van der Waals surface area contributed by atoms with Crippen LogP contribution in [0.15, 0.2) is 24.5 Å². The summed E-state index contributed by atoms with van der Waals surface area (Å²) < 4.78 is 0. The first-order chi connectivity index (χ1) is 9.31. The van der Waals surface area contributed by atoms with E-state index in [2.05, 4.69) is 15.3 Å². The van der Waals surface area contributed by atoms with Gasteiger partial charge in [0.25, 0.3) is 0 Å². The number of hydrogen-bond acceptors (Lipinski definition) is 5. The van der Waals surface area contributed by atoms with E-state index in [1.54, 1.807) is 13.0 Å². The van der Waals surface area contributed by atoms with Gasteiger partial charge in [0.2, 0.25) is 0 Å². The quantitative estimate of drug-likeness (QED) is 0.788. The normalized spacial score (nSPS) is 13.2. The summed E-state index contributed by atoms with van der Waals surface area (Å²) in [6, 6.07) is 4.67. The molecule has 106 valence electrons. The molecule has 0 aliphatic rings. The van der Waals surface area contributed by atoms with Crippen LogP contribution < -0.4 is 5.32 Å². The third-order valence-electron chi connectivity index (χ3n) is 3.37. The molecule has 0 spiro atoms. The Labute approximate surface area is 116 Å². The van der Waals surface area contributed by atoms with Gasteiger partial charge in [-0.05, 0) is 39.0 Å². The minimum absolute atomic E-state index is 0.178. The molecule has 0 bridgehead atoms. The number of aromatic nitrogens is 2. The summed E-state index contributed by atoms with van der Waals surface area (Å²) in [6.07, 6.45) is 0.792. The minimum Gasteiger partial charge on any atom is -0.478 e. The molecule has 2 rings (SSSR count). The number of carboxylic acid groups (broad SMARTS) is 1. The lowest BCUT2D eigenvalue weighted by atomic mass is 9.98. The highest BCUT2D eigenvalue weighted by molar-refractivity contribution is 5.96. The minimum atomic E-state index is -0.996. The number of anilines is 1. The zero-order valence-corrected chi connectivity index (χ0v) is 11.6. The highest BCUT2D eigenvalue weighted by Crippen LogP contribution is 2.24. The van der Waals surface area contributed by atoms with Crippen LogP contribution in [0.4, 0.5) is 5.82 Å². The Morgan fingerprint density at radius 2 is 2.05 bits per heavy atom. The number of aliphatic hydroxyl groups excluding tert-OH is 1. The molecular weight excluding hydrogens is 258 g/mol. The van der Waals surface area contributed by atoms with Gasteiger partial charge in [0.15, 0.2) is 0 Å². The number of carbonyl (C=O) groups is 1. The van der Waals surface area contributed by atoms with Crippen LogP contribution in [0.3, 0.4) is 0 Å². The molecule has 0 aliphatic heterocycles. The number of fused-ring (bicyclic) bond motifs is 1. The maximum absolute atomic E-state index is 11.0. The Morgan fingerprint density at radius 3 is 2.65 bits per heavy atom. The van der Waals surface area contributed by atoms with Crippen molar-refractivity contribution in [3.05, 3.63) is 30.1 Å². The largest absolute Gasteiger partial charge is 0.478 e. The predicted octanol–water partition coefficient (Wildman–Crippen LogP) is 1.90. The van der Waals surface area contributed by atoms with Crippen molar-refractivity contribution in [3.8, 4) is 0 Å². The molecule has 3 N–H and O–H groups in total. The molecule has 0 radical (unpaired) electrons. The first-order valence-corrected chi connectivity index (χ1v) is 6.25. The number of nitrogens with zero attached hydrogens (tertiary/aromatic N) is 2. The first-order valence-electron chi connectivity index (χ1n) is 6.25. The van der Waals surface area contributed by atoms with E-state index in [1.807, 2.05) is 13.8 Å². The molecule has 1 atom stereocenters. The van der Waals surface area contributed by atoms with E-state index >= 15 is 0 Å². The number of rotatable bonds is 4. The number of carboxylic acids is 1.